The van der Waals surface area contributed by atoms with Crippen LogP contribution >= 0.6 is 0 Å². The number of aromatic nitrogens is 2. The van der Waals surface area contributed by atoms with Gasteiger partial charge in [-0.2, -0.15) is 0 Å². The molecule has 0 amide bonds. The van der Waals surface area contributed by atoms with Crippen molar-refractivity contribution < 1.29 is 20.1 Å². The molecule has 0 radical (unpaired) electrons. The molecule has 0 atom stereocenters. The lowest BCUT2D eigenvalue weighted by Crippen LogP contribution is -2.32. The highest BCUT2D eigenvalue weighted by atomic mass is 14.9. The average molecular weight is 627 g/mol. The summed E-state index contributed by atoms with van der Waals surface area (Å²) in [5.41, 5.74) is 9.81. The maximum absolute atomic E-state index is 8.57. The van der Waals surface area contributed by atoms with Crippen LogP contribution in [-0.4, -0.2) is 0 Å². The second-order valence-electron chi connectivity index (χ2n) is 13.1. The van der Waals surface area contributed by atoms with Crippen molar-refractivity contribution in [1.82, 2.24) is 0 Å². The summed E-state index contributed by atoms with van der Waals surface area (Å²) in [5.74, 6) is 0. The van der Waals surface area contributed by atoms with Crippen molar-refractivity contribution in [3.63, 3.8) is 0 Å². The highest BCUT2D eigenvalue weighted by Crippen LogP contribution is 2.32. The van der Waals surface area contributed by atoms with Gasteiger partial charge >= 0.3 is 0 Å². The number of hydrogen-bond donors (Lipinski definition) is 0. The van der Waals surface area contributed by atoms with Gasteiger partial charge in [0.25, 0.3) is 0 Å². The van der Waals surface area contributed by atoms with Crippen molar-refractivity contribution in [3.8, 4) is 44.8 Å². The second-order valence-corrected chi connectivity index (χ2v) is 13.1. The molecule has 0 saturated carbocycles. The minimum Gasteiger partial charge on any atom is -0.201 e. The summed E-state index contributed by atoms with van der Waals surface area (Å²) in [4.78, 5) is 0. The monoisotopic (exact) mass is 626 g/mol. The molecule has 47 heavy (non-hydrogen) atoms. The van der Waals surface area contributed by atoms with Gasteiger partial charge in [0, 0.05) is 45.9 Å². The molecule has 2 aromatic heterocycles. The highest BCUT2D eigenvalue weighted by Gasteiger charge is 2.19. The number of nitrogens with zero attached hydrogens (tertiary/aromatic N) is 2. The quantitative estimate of drug-likeness (QED) is 0.168. The number of rotatable bonds is 5. The van der Waals surface area contributed by atoms with Crippen molar-refractivity contribution in [2.24, 2.45) is 19.5 Å². The van der Waals surface area contributed by atoms with Gasteiger partial charge in [-0.15, -0.1) is 0 Å². The van der Waals surface area contributed by atoms with E-state index in [1.807, 2.05) is 173 Å². The van der Waals surface area contributed by atoms with E-state index < -0.39 is 25.5 Å². The van der Waals surface area contributed by atoms with Gasteiger partial charge in [-0.1, -0.05) is 93.6 Å². The Morgan fingerprint density at radius 3 is 1.49 bits per heavy atom. The molecule has 0 aliphatic carbocycles. The lowest BCUT2D eigenvalue weighted by molar-refractivity contribution is -0.660. The van der Waals surface area contributed by atoms with E-state index in [0.29, 0.717) is 22.3 Å². The van der Waals surface area contributed by atoms with Crippen LogP contribution in [0.25, 0.3) is 44.8 Å². The number of aryl methyl sites for hydroxylation is 6. The van der Waals surface area contributed by atoms with Crippen molar-refractivity contribution in [2.75, 3.05) is 0 Å². The van der Waals surface area contributed by atoms with Gasteiger partial charge in [0.1, 0.15) is 14.1 Å². The van der Waals surface area contributed by atoms with Gasteiger partial charge in [-0.05, 0) is 108 Å². The summed E-state index contributed by atoms with van der Waals surface area (Å²) in [6.07, 6.45) is 2.34. The Hall–Kier alpha value is -4.82. The normalized spacial score (nSPS) is 14.5. The van der Waals surface area contributed by atoms with Gasteiger partial charge in [0.2, 0.25) is 11.4 Å². The number of pyridine rings is 2. The molecule has 0 bridgehead atoms. The summed E-state index contributed by atoms with van der Waals surface area (Å²) in [7, 11) is 3.89. The predicted molar refractivity (Wildman–Crippen MR) is 199 cm³/mol. The third kappa shape index (κ3) is 8.13. The molecule has 0 aliphatic heterocycles. The van der Waals surface area contributed by atoms with E-state index in [1.54, 1.807) is 12.1 Å². The Morgan fingerprint density at radius 1 is 0.553 bits per heavy atom. The summed E-state index contributed by atoms with van der Waals surface area (Å²) in [6, 6.07) is 36.6. The molecule has 2 nitrogen and oxygen atoms in total. The fourth-order valence-corrected chi connectivity index (χ4v) is 5.88. The van der Waals surface area contributed by atoms with E-state index in [0.717, 1.165) is 50.3 Å². The lowest BCUT2D eigenvalue weighted by Gasteiger charge is -2.17. The standard InChI is InChI=1S/C25H30N.C20H20N/c1-18-14-19(2)23(15-22(18)21-10-8-7-9-11-21)24-13-12-20(17-26(24)6)16-25(3,4)5;1-15-13-16(2)19(20-11-7-8-12-21(20)3)14-18(15)17-9-5-4-6-10-17/h7-15,17H,16H2,1-6H3;4-14H,1-3H3/q2*+1/i1D3,16D2;1D3. The van der Waals surface area contributed by atoms with Crippen LogP contribution in [0.2, 0.25) is 0 Å². The SMILES string of the molecule is [2H]C([2H])([2H])c1cc(C)c(-c2ccc(C([2H])([2H])C(C)(C)C)c[n+]2C)cc1-c1ccccc1.[2H]C([2H])([2H])c1cc(C)c(-c2cccc[n+]2C)cc1-c1ccccc1. The fourth-order valence-electron chi connectivity index (χ4n) is 5.88. The first-order chi connectivity index (χ1) is 25.6. The van der Waals surface area contributed by atoms with Crippen LogP contribution in [0.1, 0.15) is 59.6 Å². The first kappa shape index (κ1) is 24.4. The maximum atomic E-state index is 8.57. The van der Waals surface area contributed by atoms with Crippen LogP contribution in [0.4, 0.5) is 0 Å². The van der Waals surface area contributed by atoms with E-state index >= 15 is 0 Å². The molecule has 2 heterocycles. The van der Waals surface area contributed by atoms with Crippen LogP contribution in [0.15, 0.2) is 128 Å². The second kappa shape index (κ2) is 14.3. The molecule has 0 saturated heterocycles. The third-order valence-electron chi connectivity index (χ3n) is 8.16. The summed E-state index contributed by atoms with van der Waals surface area (Å²) >= 11 is 0. The van der Waals surface area contributed by atoms with Crippen molar-refractivity contribution in [1.29, 1.82) is 0 Å². The minimum atomic E-state index is -2.22. The Labute approximate surface area is 294 Å². The predicted octanol–water partition coefficient (Wildman–Crippen LogP) is 10.5. The Balaban J connectivity index is 0.000000218. The molecule has 0 unspecified atom stereocenters. The third-order valence-corrected chi connectivity index (χ3v) is 8.16. The van der Waals surface area contributed by atoms with E-state index in [4.69, 9.17) is 11.0 Å². The highest BCUT2D eigenvalue weighted by molar-refractivity contribution is 5.76. The largest absolute Gasteiger partial charge is 0.212 e. The zero-order valence-corrected chi connectivity index (χ0v) is 28.5. The molecular weight excluding hydrogens is 569 g/mol. The molecule has 238 valence electrons. The molecule has 0 spiro atoms. The molecule has 6 rings (SSSR count). The van der Waals surface area contributed by atoms with Crippen molar-refractivity contribution >= 4 is 0 Å². The molecular formula is C45H50N2+2. The van der Waals surface area contributed by atoms with Crippen LogP contribution in [0.3, 0.4) is 0 Å². The van der Waals surface area contributed by atoms with E-state index in [9.17, 15) is 0 Å². The van der Waals surface area contributed by atoms with E-state index in [1.165, 1.54) is 0 Å². The molecule has 0 aliphatic rings. The Morgan fingerprint density at radius 2 is 1.04 bits per heavy atom. The van der Waals surface area contributed by atoms with Crippen LogP contribution in [0.5, 0.6) is 0 Å². The van der Waals surface area contributed by atoms with Crippen LogP contribution in [-0.2, 0) is 20.5 Å². The van der Waals surface area contributed by atoms with E-state index in [-0.39, 0.29) is 0 Å². The van der Waals surface area contributed by atoms with E-state index in [2.05, 4.69) is 0 Å². The van der Waals surface area contributed by atoms with Crippen LogP contribution < -0.4 is 9.13 Å². The van der Waals surface area contributed by atoms with Gasteiger partial charge in [0.05, 0.1) is 0 Å². The fraction of sp³-hybridized carbons (Fsp3) is 0.244. The molecule has 0 N–H and O–H groups in total. The Kier molecular flexibility index (Phi) is 7.41. The van der Waals surface area contributed by atoms with Gasteiger partial charge < -0.3 is 0 Å². The van der Waals surface area contributed by atoms with Crippen molar-refractivity contribution in [3.05, 3.63) is 155 Å². The van der Waals surface area contributed by atoms with Crippen molar-refractivity contribution in [2.45, 2.75) is 54.7 Å². The average Bonchev–Trinajstić information content (AvgIpc) is 3.11. The molecule has 0 fully saturated rings. The number of hydrogen-bond acceptors (Lipinski definition) is 0. The summed E-state index contributed by atoms with van der Waals surface area (Å²) in [5, 5.41) is 0. The van der Waals surface area contributed by atoms with Gasteiger partial charge in [-0.25, -0.2) is 9.13 Å². The first-order valence-electron chi connectivity index (χ1n) is 20.0. The smallest absolute Gasteiger partial charge is 0.201 e. The minimum absolute atomic E-state index is 0.336. The molecule has 2 heteroatoms. The molecule has 6 aromatic rings. The summed E-state index contributed by atoms with van der Waals surface area (Å²) < 4.78 is 68.9. The van der Waals surface area contributed by atoms with Crippen LogP contribution in [0, 0.1) is 33.0 Å². The van der Waals surface area contributed by atoms with Gasteiger partial charge in [0.15, 0.2) is 12.4 Å². The summed E-state index contributed by atoms with van der Waals surface area (Å²) in [6.45, 7) is 5.20. The lowest BCUT2D eigenvalue weighted by atomic mass is 9.88. The zero-order valence-electron chi connectivity index (χ0n) is 36.5. The topological polar surface area (TPSA) is 7.76 Å². The first-order valence-corrected chi connectivity index (χ1v) is 16.0. The zero-order chi connectivity index (χ0) is 40.5. The maximum Gasteiger partial charge on any atom is 0.212 e. The van der Waals surface area contributed by atoms with Gasteiger partial charge in [-0.3, -0.25) is 0 Å². The molecule has 4 aromatic carbocycles. The number of benzene rings is 4. The Bertz CT molecular complexity index is 2290.